The summed E-state index contributed by atoms with van der Waals surface area (Å²) in [5.41, 5.74) is 17.3. The van der Waals surface area contributed by atoms with Crippen LogP contribution in [-0.4, -0.2) is 46.7 Å². The van der Waals surface area contributed by atoms with Crippen molar-refractivity contribution in [3.63, 3.8) is 0 Å². The molecule has 1 atom stereocenters. The number of benzene rings is 1. The number of pyridine rings is 1. The monoisotopic (exact) mass is 494 g/mol. The SMILES string of the molecule is CC(=O)Oc1ccc(Cc2ccc(NCS(=O)[O-])c(C3CCCCC3)n2)cc1.CN.CN.CN. The molecule has 1 aliphatic carbocycles. The molecule has 0 saturated heterocycles. The molecule has 1 heterocycles. The Balaban J connectivity index is 0.00000168. The van der Waals surface area contributed by atoms with Crippen molar-refractivity contribution in [2.45, 2.75) is 51.4 Å². The van der Waals surface area contributed by atoms with Crippen molar-refractivity contribution >= 4 is 22.7 Å². The minimum Gasteiger partial charge on any atom is -0.771 e. The summed E-state index contributed by atoms with van der Waals surface area (Å²) in [6.07, 6.45) is 6.44. The lowest BCUT2D eigenvalue weighted by Crippen LogP contribution is -2.14. The Morgan fingerprint density at radius 2 is 1.62 bits per heavy atom. The average molecular weight is 495 g/mol. The third kappa shape index (κ3) is 11.7. The molecule has 1 fully saturated rings. The Hall–Kier alpha value is -2.37. The number of anilines is 1. The molecular weight excluding hydrogens is 454 g/mol. The fraction of sp³-hybridized carbons (Fsp3) is 0.500. The van der Waals surface area contributed by atoms with E-state index in [1.165, 1.54) is 47.3 Å². The van der Waals surface area contributed by atoms with Crippen molar-refractivity contribution in [2.24, 2.45) is 17.2 Å². The number of nitrogens with two attached hydrogens (primary N) is 3. The third-order valence-electron chi connectivity index (χ3n) is 4.92. The zero-order chi connectivity index (χ0) is 25.9. The standard InChI is InChI=1S/C21H26N2O4S.3CH5N/c1-15(24)27-19-10-7-16(8-11-19)13-18-9-12-20(22-14-28(25)26)21(23-18)17-5-3-2-4-6-17;3*1-2/h7-12,17,22H,2-6,13-14H2,1H3,(H,25,26);3*2H2,1H3/p-1. The van der Waals surface area contributed by atoms with Crippen LogP contribution < -0.4 is 27.3 Å². The maximum absolute atomic E-state index is 11.0. The van der Waals surface area contributed by atoms with Gasteiger partial charge in [0.05, 0.1) is 17.3 Å². The summed E-state index contributed by atoms with van der Waals surface area (Å²) >= 11 is -2.15. The highest BCUT2D eigenvalue weighted by molar-refractivity contribution is 7.79. The minimum atomic E-state index is -2.15. The number of nitrogens with zero attached hydrogens (tertiary/aromatic N) is 1. The van der Waals surface area contributed by atoms with Crippen LogP contribution in [0.1, 0.15) is 61.9 Å². The quantitative estimate of drug-likeness (QED) is 0.257. The van der Waals surface area contributed by atoms with Gasteiger partial charge in [-0.2, -0.15) is 0 Å². The molecule has 34 heavy (non-hydrogen) atoms. The predicted octanol–water partition coefficient (Wildman–Crippen LogP) is 2.62. The summed E-state index contributed by atoms with van der Waals surface area (Å²) in [6.45, 7) is 1.38. The Bertz CT molecular complexity index is 844. The van der Waals surface area contributed by atoms with Crippen molar-refractivity contribution in [1.29, 1.82) is 0 Å². The summed E-state index contributed by atoms with van der Waals surface area (Å²) < 4.78 is 27.0. The number of hydrogen-bond donors (Lipinski definition) is 4. The van der Waals surface area contributed by atoms with Gasteiger partial charge in [0, 0.05) is 25.0 Å². The van der Waals surface area contributed by atoms with Gasteiger partial charge in [0.2, 0.25) is 0 Å². The maximum Gasteiger partial charge on any atom is 0.308 e. The van der Waals surface area contributed by atoms with Gasteiger partial charge in [0.1, 0.15) is 5.75 Å². The second-order valence-electron chi connectivity index (χ2n) is 7.11. The first-order valence-corrected chi connectivity index (χ1v) is 12.6. The van der Waals surface area contributed by atoms with E-state index in [0.29, 0.717) is 18.1 Å². The number of esters is 1. The summed E-state index contributed by atoms with van der Waals surface area (Å²) in [5.74, 6) is 0.437. The summed E-state index contributed by atoms with van der Waals surface area (Å²) in [6, 6.07) is 11.3. The second kappa shape index (κ2) is 19.0. The van der Waals surface area contributed by atoms with E-state index in [4.69, 9.17) is 9.72 Å². The Kier molecular flexibility index (Phi) is 17.7. The summed E-state index contributed by atoms with van der Waals surface area (Å²) in [7, 11) is 4.50. The molecule has 2 aromatic rings. The van der Waals surface area contributed by atoms with Gasteiger partial charge < -0.3 is 31.8 Å². The fourth-order valence-corrected chi connectivity index (χ4v) is 3.91. The molecule has 7 N–H and O–H groups in total. The number of carbonyl (C=O) groups is 1. The van der Waals surface area contributed by atoms with Gasteiger partial charge in [-0.1, -0.05) is 31.4 Å². The third-order valence-corrected chi connectivity index (χ3v) is 5.30. The van der Waals surface area contributed by atoms with Crippen LogP contribution in [-0.2, 0) is 22.3 Å². The summed E-state index contributed by atoms with van der Waals surface area (Å²) in [5, 5.41) is 3.00. The largest absolute Gasteiger partial charge is 0.771 e. The Morgan fingerprint density at radius 3 is 2.15 bits per heavy atom. The van der Waals surface area contributed by atoms with Crippen LogP contribution in [0.4, 0.5) is 5.69 Å². The van der Waals surface area contributed by atoms with E-state index in [0.717, 1.165) is 35.5 Å². The topological polar surface area (TPSA) is 169 Å². The first kappa shape index (κ1) is 31.6. The molecule has 1 unspecified atom stereocenters. The normalized spacial score (nSPS) is 13.5. The highest BCUT2D eigenvalue weighted by Crippen LogP contribution is 2.35. The number of hydrogen-bond acceptors (Lipinski definition) is 9. The maximum atomic E-state index is 11.0. The van der Waals surface area contributed by atoms with Crippen molar-refractivity contribution in [3.8, 4) is 5.75 Å². The highest BCUT2D eigenvalue weighted by atomic mass is 32.2. The molecule has 1 aromatic heterocycles. The number of nitrogens with one attached hydrogen (secondary N) is 1. The lowest BCUT2D eigenvalue weighted by atomic mass is 9.86. The van der Waals surface area contributed by atoms with Gasteiger partial charge in [-0.3, -0.25) is 14.0 Å². The molecule has 0 radical (unpaired) electrons. The molecule has 1 aromatic carbocycles. The van der Waals surface area contributed by atoms with Crippen molar-refractivity contribution in [3.05, 3.63) is 53.3 Å². The number of aromatic nitrogens is 1. The first-order chi connectivity index (χ1) is 16.5. The molecule has 10 heteroatoms. The lowest BCUT2D eigenvalue weighted by molar-refractivity contribution is -0.131. The molecule has 0 spiro atoms. The van der Waals surface area contributed by atoms with E-state index in [2.05, 4.69) is 22.5 Å². The molecule has 0 bridgehead atoms. The van der Waals surface area contributed by atoms with Crippen LogP contribution >= 0.6 is 0 Å². The van der Waals surface area contributed by atoms with E-state index in [9.17, 15) is 13.6 Å². The number of rotatable bonds is 7. The fourth-order valence-electron chi connectivity index (χ4n) is 3.64. The smallest absolute Gasteiger partial charge is 0.308 e. The van der Waals surface area contributed by atoms with Crippen LogP contribution in [0.15, 0.2) is 36.4 Å². The van der Waals surface area contributed by atoms with Crippen LogP contribution in [0.3, 0.4) is 0 Å². The number of carbonyl (C=O) groups excluding carboxylic acids is 1. The average Bonchev–Trinajstić information content (AvgIpc) is 2.88. The van der Waals surface area contributed by atoms with E-state index in [1.807, 2.05) is 24.3 Å². The van der Waals surface area contributed by atoms with E-state index in [-0.39, 0.29) is 11.8 Å². The van der Waals surface area contributed by atoms with Gasteiger partial charge >= 0.3 is 5.97 Å². The minimum absolute atomic E-state index is 0.113. The van der Waals surface area contributed by atoms with E-state index in [1.54, 1.807) is 12.1 Å². The van der Waals surface area contributed by atoms with Gasteiger partial charge in [-0.05, 0) is 74.9 Å². The highest BCUT2D eigenvalue weighted by Gasteiger charge is 2.20. The van der Waals surface area contributed by atoms with Crippen LogP contribution in [0.2, 0.25) is 0 Å². The first-order valence-electron chi connectivity index (χ1n) is 11.3. The van der Waals surface area contributed by atoms with Gasteiger partial charge in [0.25, 0.3) is 0 Å². The van der Waals surface area contributed by atoms with Gasteiger partial charge in [-0.25, -0.2) is 0 Å². The second-order valence-corrected chi connectivity index (χ2v) is 8.01. The van der Waals surface area contributed by atoms with Gasteiger partial charge in [0.15, 0.2) is 0 Å². The van der Waals surface area contributed by atoms with Crippen molar-refractivity contribution in [2.75, 3.05) is 32.3 Å². The van der Waals surface area contributed by atoms with Crippen molar-refractivity contribution in [1.82, 2.24) is 4.98 Å². The molecule has 192 valence electrons. The van der Waals surface area contributed by atoms with E-state index >= 15 is 0 Å². The molecule has 0 aliphatic heterocycles. The summed E-state index contributed by atoms with van der Waals surface area (Å²) in [4.78, 5) is 15.9. The van der Waals surface area contributed by atoms with Crippen LogP contribution in [0, 0.1) is 0 Å². The van der Waals surface area contributed by atoms with Crippen LogP contribution in [0.25, 0.3) is 0 Å². The molecule has 0 amide bonds. The van der Waals surface area contributed by atoms with Crippen LogP contribution in [0.5, 0.6) is 5.75 Å². The molecular formula is C24H40N5O4S-. The molecule has 3 rings (SSSR count). The number of ether oxygens (including phenoxy) is 1. The Morgan fingerprint density at radius 1 is 1.03 bits per heavy atom. The lowest BCUT2D eigenvalue weighted by Gasteiger charge is -2.24. The Labute approximate surface area is 206 Å². The van der Waals surface area contributed by atoms with Crippen molar-refractivity contribution < 1.29 is 18.3 Å². The van der Waals surface area contributed by atoms with Gasteiger partial charge in [-0.15, -0.1) is 0 Å². The zero-order valence-corrected chi connectivity index (χ0v) is 21.5. The van der Waals surface area contributed by atoms with E-state index < -0.39 is 11.1 Å². The molecule has 1 aliphatic rings. The zero-order valence-electron chi connectivity index (χ0n) is 20.7. The predicted molar refractivity (Wildman–Crippen MR) is 138 cm³/mol. The molecule has 1 saturated carbocycles. The molecule has 9 nitrogen and oxygen atoms in total.